The van der Waals surface area contributed by atoms with E-state index in [0.717, 1.165) is 19.3 Å². The molecule has 0 heterocycles. The molecular formula is C30H47NO8. The van der Waals surface area contributed by atoms with Crippen LogP contribution in [0.4, 0.5) is 0 Å². The van der Waals surface area contributed by atoms with Gasteiger partial charge in [0, 0.05) is 6.42 Å². The van der Waals surface area contributed by atoms with Crippen LogP contribution in [0.15, 0.2) is 18.2 Å². The molecule has 9 heteroatoms. The Hall–Kier alpha value is -2.94. The zero-order valence-corrected chi connectivity index (χ0v) is 24.8. The molecule has 9 nitrogen and oxygen atoms in total. The Labute approximate surface area is 233 Å². The molecule has 1 aromatic carbocycles. The van der Waals surface area contributed by atoms with Gasteiger partial charge in [-0.2, -0.15) is 0 Å². The molecule has 0 aliphatic heterocycles. The number of rotatable bonds is 16. The Balaban J connectivity index is 2.90. The summed E-state index contributed by atoms with van der Waals surface area (Å²) in [7, 11) is 0. The van der Waals surface area contributed by atoms with Gasteiger partial charge in [-0.15, -0.1) is 0 Å². The first-order valence-corrected chi connectivity index (χ1v) is 13.9. The highest BCUT2D eigenvalue weighted by atomic mass is 16.6. The number of benzene rings is 1. The summed E-state index contributed by atoms with van der Waals surface area (Å²) in [6.45, 7) is 14.8. The highest BCUT2D eigenvalue weighted by Crippen LogP contribution is 2.31. The lowest BCUT2D eigenvalue weighted by molar-refractivity contribution is -0.158. The number of unbranched alkanes of at least 4 members (excludes halogenated alkanes) is 2. The molecule has 220 valence electrons. The zero-order valence-electron chi connectivity index (χ0n) is 24.8. The van der Waals surface area contributed by atoms with Crippen LogP contribution < -0.4 is 15.2 Å². The van der Waals surface area contributed by atoms with Crippen LogP contribution >= 0.6 is 0 Å². The number of nitrogens with two attached hydrogens (primary N) is 1. The Morgan fingerprint density at radius 1 is 0.795 bits per heavy atom. The third kappa shape index (κ3) is 12.2. The van der Waals surface area contributed by atoms with Gasteiger partial charge in [0.25, 0.3) is 0 Å². The Bertz CT molecular complexity index is 958. The van der Waals surface area contributed by atoms with Crippen molar-refractivity contribution in [2.75, 3.05) is 6.61 Å². The van der Waals surface area contributed by atoms with Crippen LogP contribution in [0.3, 0.4) is 0 Å². The van der Waals surface area contributed by atoms with E-state index in [2.05, 4.69) is 6.92 Å². The molecule has 2 unspecified atom stereocenters. The van der Waals surface area contributed by atoms with Crippen LogP contribution in [0.1, 0.15) is 86.6 Å². The molecule has 2 N–H and O–H groups in total. The molecule has 0 radical (unpaired) electrons. The van der Waals surface area contributed by atoms with Gasteiger partial charge < -0.3 is 24.7 Å². The minimum Gasteiger partial charge on any atom is -0.461 e. The molecule has 1 rings (SSSR count). The van der Waals surface area contributed by atoms with Crippen molar-refractivity contribution in [2.24, 2.45) is 29.4 Å². The van der Waals surface area contributed by atoms with Gasteiger partial charge >= 0.3 is 23.9 Å². The molecule has 0 aliphatic carbocycles. The summed E-state index contributed by atoms with van der Waals surface area (Å²) in [5.74, 6) is -2.30. The van der Waals surface area contributed by atoms with E-state index in [0.29, 0.717) is 12.0 Å². The van der Waals surface area contributed by atoms with Crippen molar-refractivity contribution in [3.05, 3.63) is 23.8 Å². The van der Waals surface area contributed by atoms with Gasteiger partial charge in [-0.25, -0.2) is 0 Å². The Morgan fingerprint density at radius 3 is 1.90 bits per heavy atom. The van der Waals surface area contributed by atoms with E-state index in [1.165, 1.54) is 6.07 Å². The molecule has 0 aliphatic rings. The maximum Gasteiger partial charge on any atom is 0.323 e. The largest absolute Gasteiger partial charge is 0.461 e. The summed E-state index contributed by atoms with van der Waals surface area (Å²) in [5.41, 5.74) is 6.66. The number of hydrogen-bond donors (Lipinski definition) is 1. The Kier molecular flexibility index (Phi) is 14.8. The fourth-order valence-electron chi connectivity index (χ4n) is 3.27. The molecule has 39 heavy (non-hydrogen) atoms. The summed E-state index contributed by atoms with van der Waals surface area (Å²) in [6, 6.07) is 3.72. The van der Waals surface area contributed by atoms with Gasteiger partial charge in [0.05, 0.1) is 11.8 Å². The second-order valence-corrected chi connectivity index (χ2v) is 10.9. The van der Waals surface area contributed by atoms with Gasteiger partial charge in [0.1, 0.15) is 18.8 Å². The maximum atomic E-state index is 12.7. The number of esters is 4. The van der Waals surface area contributed by atoms with Gasteiger partial charge in [-0.1, -0.05) is 67.4 Å². The van der Waals surface area contributed by atoms with Gasteiger partial charge in [-0.05, 0) is 49.3 Å². The van der Waals surface area contributed by atoms with E-state index in [4.69, 9.17) is 24.7 Å². The van der Waals surface area contributed by atoms with E-state index >= 15 is 0 Å². The van der Waals surface area contributed by atoms with E-state index in [1.807, 2.05) is 27.7 Å². The third-order valence-electron chi connectivity index (χ3n) is 6.71. The lowest BCUT2D eigenvalue weighted by atomic mass is 9.98. The molecule has 0 saturated heterocycles. The molecule has 0 amide bonds. The summed E-state index contributed by atoms with van der Waals surface area (Å²) in [6.07, 6.45) is 2.54. The standard InChI is InChI=1S/C30H47NO8/c1-9-10-11-12-27(32)37-20(6)17-36-30(35)24(31)15-23-13-14-25(38-28(33)21(7)18(2)3)26(16-23)39-29(34)22(8)19(4)5/h13-14,16,18-22,24H,9-12,15,17,31H2,1-8H3/t20-,21?,22?,24-/m0/s1. The number of hydrogen-bond acceptors (Lipinski definition) is 9. The summed E-state index contributed by atoms with van der Waals surface area (Å²) in [4.78, 5) is 49.6. The molecule has 0 spiro atoms. The molecule has 4 atom stereocenters. The van der Waals surface area contributed by atoms with Crippen molar-refractivity contribution in [2.45, 2.75) is 99.6 Å². The highest BCUT2D eigenvalue weighted by molar-refractivity contribution is 5.79. The van der Waals surface area contributed by atoms with Gasteiger partial charge in [0.2, 0.25) is 0 Å². The third-order valence-corrected chi connectivity index (χ3v) is 6.71. The lowest BCUT2D eigenvalue weighted by Crippen LogP contribution is -2.36. The van der Waals surface area contributed by atoms with Crippen molar-refractivity contribution in [1.29, 1.82) is 0 Å². The number of ether oxygens (including phenoxy) is 4. The topological polar surface area (TPSA) is 131 Å². The zero-order chi connectivity index (χ0) is 29.7. The first-order valence-electron chi connectivity index (χ1n) is 13.9. The van der Waals surface area contributed by atoms with E-state index in [-0.39, 0.29) is 54.2 Å². The monoisotopic (exact) mass is 549 g/mol. The summed E-state index contributed by atoms with van der Waals surface area (Å²) in [5, 5.41) is 0. The summed E-state index contributed by atoms with van der Waals surface area (Å²) < 4.78 is 21.7. The maximum absolute atomic E-state index is 12.7. The van der Waals surface area contributed by atoms with Gasteiger partial charge in [0.15, 0.2) is 11.5 Å². The van der Waals surface area contributed by atoms with Crippen molar-refractivity contribution in [3.63, 3.8) is 0 Å². The average Bonchev–Trinajstić information content (AvgIpc) is 2.87. The molecule has 1 aromatic rings. The smallest absolute Gasteiger partial charge is 0.323 e. The number of carbonyl (C=O) groups is 4. The van der Waals surface area contributed by atoms with E-state index in [1.54, 1.807) is 32.9 Å². The van der Waals surface area contributed by atoms with Crippen LogP contribution in [0.5, 0.6) is 11.5 Å². The first-order chi connectivity index (χ1) is 18.3. The average molecular weight is 550 g/mol. The van der Waals surface area contributed by atoms with Crippen molar-refractivity contribution in [1.82, 2.24) is 0 Å². The Morgan fingerprint density at radius 2 is 1.36 bits per heavy atom. The first kappa shape index (κ1) is 34.1. The summed E-state index contributed by atoms with van der Waals surface area (Å²) >= 11 is 0. The molecular weight excluding hydrogens is 502 g/mol. The van der Waals surface area contributed by atoms with Crippen molar-refractivity contribution in [3.8, 4) is 11.5 Å². The molecule has 0 fully saturated rings. The van der Waals surface area contributed by atoms with Crippen LogP contribution in [-0.2, 0) is 35.1 Å². The van der Waals surface area contributed by atoms with Crippen molar-refractivity contribution < 1.29 is 38.1 Å². The van der Waals surface area contributed by atoms with E-state index in [9.17, 15) is 19.2 Å². The predicted molar refractivity (Wildman–Crippen MR) is 148 cm³/mol. The van der Waals surface area contributed by atoms with Crippen LogP contribution in [0, 0.1) is 23.7 Å². The quantitative estimate of drug-likeness (QED) is 0.172. The van der Waals surface area contributed by atoms with Crippen LogP contribution in [0.25, 0.3) is 0 Å². The second kappa shape index (κ2) is 16.9. The fourth-order valence-corrected chi connectivity index (χ4v) is 3.27. The minimum atomic E-state index is -1.01. The SMILES string of the molecule is CCCCCC(=O)O[C@@H](C)COC(=O)[C@@H](N)Cc1ccc(OC(=O)C(C)C(C)C)c(OC(=O)C(C)C(C)C)c1. The minimum absolute atomic E-state index is 0.0499. The normalized spacial score (nSPS) is 14.3. The van der Waals surface area contributed by atoms with Gasteiger partial charge in [-0.3, -0.25) is 19.2 Å². The van der Waals surface area contributed by atoms with Crippen molar-refractivity contribution >= 4 is 23.9 Å². The fraction of sp³-hybridized carbons (Fsp3) is 0.667. The predicted octanol–water partition coefficient (Wildman–Crippen LogP) is 5.01. The van der Waals surface area contributed by atoms with Crippen LogP contribution in [0.2, 0.25) is 0 Å². The molecule has 0 saturated carbocycles. The number of carbonyl (C=O) groups excluding carboxylic acids is 4. The lowest BCUT2D eigenvalue weighted by Gasteiger charge is -2.19. The molecule has 0 bridgehead atoms. The second-order valence-electron chi connectivity index (χ2n) is 10.9. The van der Waals surface area contributed by atoms with Crippen LogP contribution in [-0.4, -0.2) is 42.6 Å². The molecule has 0 aromatic heterocycles. The van der Waals surface area contributed by atoms with E-state index < -0.39 is 30.1 Å². The highest BCUT2D eigenvalue weighted by Gasteiger charge is 2.25.